The van der Waals surface area contributed by atoms with Crippen molar-refractivity contribution in [1.29, 1.82) is 0 Å². The number of carbonyl (C=O) groups excluding carboxylic acids is 1. The number of pyridine rings is 1. The number of nitrogens with zero attached hydrogens (tertiary/aromatic N) is 3. The van der Waals surface area contributed by atoms with E-state index in [9.17, 15) is 4.79 Å². The molecule has 2 aromatic heterocycles. The molecule has 0 atom stereocenters. The molecule has 2 aromatic rings. The van der Waals surface area contributed by atoms with E-state index in [1.54, 1.807) is 35.9 Å². The maximum absolute atomic E-state index is 12.0. The average Bonchev–Trinajstić information content (AvgIpc) is 3.02. The smallest absolute Gasteiger partial charge is 0.251 e. The molecule has 0 bridgehead atoms. The van der Waals surface area contributed by atoms with Crippen LogP contribution in [-0.4, -0.2) is 33.9 Å². The Balaban J connectivity index is 1.50. The molecule has 1 N–H and O–H groups in total. The highest BCUT2D eigenvalue weighted by Gasteiger charge is 2.12. The monoisotopic (exact) mass is 316 g/mol. The highest BCUT2D eigenvalue weighted by Crippen LogP contribution is 2.15. The molecule has 5 nitrogen and oxygen atoms in total. The lowest BCUT2D eigenvalue weighted by Gasteiger charge is -2.25. The molecule has 1 amide bonds. The van der Waals surface area contributed by atoms with E-state index in [4.69, 9.17) is 0 Å². The molecule has 0 radical (unpaired) electrons. The lowest BCUT2D eigenvalue weighted by molar-refractivity contribution is 0.0950. The van der Waals surface area contributed by atoms with Gasteiger partial charge in [-0.1, -0.05) is 6.42 Å². The Morgan fingerprint density at radius 3 is 2.77 bits per heavy atom. The summed E-state index contributed by atoms with van der Waals surface area (Å²) in [5.41, 5.74) is 1.74. The summed E-state index contributed by atoms with van der Waals surface area (Å²) in [6.45, 7) is 3.75. The molecule has 116 valence electrons. The molecule has 0 aliphatic carbocycles. The van der Waals surface area contributed by atoms with Gasteiger partial charge in [0.05, 0.1) is 12.2 Å². The summed E-state index contributed by atoms with van der Waals surface area (Å²) in [5.74, 6) is -0.0878. The van der Waals surface area contributed by atoms with E-state index in [2.05, 4.69) is 25.6 Å². The number of hydrogen-bond donors (Lipinski definition) is 1. The van der Waals surface area contributed by atoms with Crippen molar-refractivity contribution in [2.45, 2.75) is 32.4 Å². The van der Waals surface area contributed by atoms with E-state index < -0.39 is 0 Å². The molecule has 1 aliphatic heterocycles. The Kier molecular flexibility index (Phi) is 5.13. The second-order valence-electron chi connectivity index (χ2n) is 5.49. The van der Waals surface area contributed by atoms with Crippen LogP contribution in [0.25, 0.3) is 0 Å². The van der Waals surface area contributed by atoms with E-state index in [-0.39, 0.29) is 5.91 Å². The second-order valence-corrected chi connectivity index (χ2v) is 6.43. The van der Waals surface area contributed by atoms with Crippen molar-refractivity contribution in [2.75, 3.05) is 13.1 Å². The maximum atomic E-state index is 12.0. The van der Waals surface area contributed by atoms with Gasteiger partial charge in [0.15, 0.2) is 0 Å². The van der Waals surface area contributed by atoms with Gasteiger partial charge in [0.1, 0.15) is 5.01 Å². The zero-order valence-corrected chi connectivity index (χ0v) is 13.3. The van der Waals surface area contributed by atoms with Crippen LogP contribution in [0.4, 0.5) is 0 Å². The number of nitrogens with one attached hydrogen (secondary N) is 1. The van der Waals surface area contributed by atoms with Gasteiger partial charge in [-0.05, 0) is 38.1 Å². The standard InChI is InChI=1S/C16H20N4OS/c21-16(13-4-6-17-7-5-13)18-10-15-19-14(12-22-15)11-20-8-2-1-3-9-20/h4-7,12H,1-3,8-11H2,(H,18,21). The van der Waals surface area contributed by atoms with E-state index in [1.807, 2.05) is 0 Å². The van der Waals surface area contributed by atoms with Crippen molar-refractivity contribution in [1.82, 2.24) is 20.2 Å². The molecule has 1 fully saturated rings. The third-order valence-corrected chi connectivity index (χ3v) is 4.67. The van der Waals surface area contributed by atoms with Gasteiger partial charge >= 0.3 is 0 Å². The van der Waals surface area contributed by atoms with Crippen molar-refractivity contribution in [3.8, 4) is 0 Å². The number of carbonyl (C=O) groups is 1. The number of rotatable bonds is 5. The number of hydrogen-bond acceptors (Lipinski definition) is 5. The van der Waals surface area contributed by atoms with Gasteiger partial charge in [0.2, 0.25) is 0 Å². The molecule has 1 aliphatic rings. The summed E-state index contributed by atoms with van der Waals surface area (Å²) < 4.78 is 0. The van der Waals surface area contributed by atoms with Crippen molar-refractivity contribution in [2.24, 2.45) is 0 Å². The lowest BCUT2D eigenvalue weighted by Crippen LogP contribution is -2.29. The third-order valence-electron chi connectivity index (χ3n) is 3.78. The molecule has 0 unspecified atom stereocenters. The lowest BCUT2D eigenvalue weighted by atomic mass is 10.1. The first-order valence-electron chi connectivity index (χ1n) is 7.65. The minimum atomic E-state index is -0.0878. The fourth-order valence-electron chi connectivity index (χ4n) is 2.61. The van der Waals surface area contributed by atoms with E-state index >= 15 is 0 Å². The molecule has 1 saturated heterocycles. The molecular weight excluding hydrogens is 296 g/mol. The van der Waals surface area contributed by atoms with Crippen LogP contribution >= 0.6 is 11.3 Å². The molecule has 0 aromatic carbocycles. The molecule has 3 heterocycles. The first-order valence-corrected chi connectivity index (χ1v) is 8.53. The summed E-state index contributed by atoms with van der Waals surface area (Å²) in [7, 11) is 0. The molecule has 6 heteroatoms. The number of likely N-dealkylation sites (tertiary alicyclic amines) is 1. The molecule has 22 heavy (non-hydrogen) atoms. The van der Waals surface area contributed by atoms with Gasteiger partial charge in [-0.15, -0.1) is 11.3 Å². The van der Waals surface area contributed by atoms with Crippen LogP contribution < -0.4 is 5.32 Å². The van der Waals surface area contributed by atoms with Crippen molar-refractivity contribution in [3.63, 3.8) is 0 Å². The topological polar surface area (TPSA) is 58.1 Å². The SMILES string of the molecule is O=C(NCc1nc(CN2CCCCC2)cs1)c1ccncc1. The number of piperidine rings is 1. The van der Waals surface area contributed by atoms with E-state index in [0.717, 1.165) is 17.2 Å². The van der Waals surface area contributed by atoms with Crippen LogP contribution in [0.5, 0.6) is 0 Å². The van der Waals surface area contributed by atoms with Crippen molar-refractivity contribution >= 4 is 17.2 Å². The van der Waals surface area contributed by atoms with Gasteiger partial charge in [-0.25, -0.2) is 4.98 Å². The van der Waals surface area contributed by atoms with Crippen LogP contribution in [0, 0.1) is 0 Å². The molecule has 3 rings (SSSR count). The Morgan fingerprint density at radius 2 is 2.00 bits per heavy atom. The van der Waals surface area contributed by atoms with E-state index in [1.165, 1.54) is 32.4 Å². The first kappa shape index (κ1) is 15.1. The van der Waals surface area contributed by atoms with Crippen LogP contribution in [-0.2, 0) is 13.1 Å². The summed E-state index contributed by atoms with van der Waals surface area (Å²) in [5, 5.41) is 5.95. The Morgan fingerprint density at radius 1 is 1.23 bits per heavy atom. The Bertz CT molecular complexity index is 608. The van der Waals surface area contributed by atoms with Crippen molar-refractivity contribution in [3.05, 3.63) is 46.2 Å². The number of aromatic nitrogens is 2. The van der Waals surface area contributed by atoms with Gasteiger partial charge in [0.25, 0.3) is 5.91 Å². The van der Waals surface area contributed by atoms with Gasteiger partial charge in [-0.3, -0.25) is 14.7 Å². The molecule has 0 spiro atoms. The summed E-state index contributed by atoms with van der Waals surface area (Å²) in [6.07, 6.45) is 7.17. The van der Waals surface area contributed by atoms with Crippen LogP contribution in [0.1, 0.15) is 40.3 Å². The zero-order valence-electron chi connectivity index (χ0n) is 12.5. The van der Waals surface area contributed by atoms with Gasteiger partial charge in [-0.2, -0.15) is 0 Å². The average molecular weight is 316 g/mol. The normalized spacial score (nSPS) is 15.6. The number of thiazole rings is 1. The summed E-state index contributed by atoms with van der Waals surface area (Å²) in [6, 6.07) is 3.41. The van der Waals surface area contributed by atoms with Crippen LogP contribution in [0.2, 0.25) is 0 Å². The first-order chi connectivity index (χ1) is 10.8. The quantitative estimate of drug-likeness (QED) is 0.920. The third kappa shape index (κ3) is 4.11. The predicted molar refractivity (Wildman–Crippen MR) is 86.6 cm³/mol. The maximum Gasteiger partial charge on any atom is 0.251 e. The highest BCUT2D eigenvalue weighted by atomic mass is 32.1. The summed E-state index contributed by atoms with van der Waals surface area (Å²) >= 11 is 1.61. The molecular formula is C16H20N4OS. The van der Waals surface area contributed by atoms with Crippen LogP contribution in [0.3, 0.4) is 0 Å². The van der Waals surface area contributed by atoms with Crippen molar-refractivity contribution < 1.29 is 4.79 Å². The predicted octanol–water partition coefficient (Wildman–Crippen LogP) is 2.45. The Hall–Kier alpha value is -1.79. The minimum absolute atomic E-state index is 0.0878. The highest BCUT2D eigenvalue weighted by molar-refractivity contribution is 7.09. The molecule has 0 saturated carbocycles. The van der Waals surface area contributed by atoms with Gasteiger partial charge < -0.3 is 5.32 Å². The van der Waals surface area contributed by atoms with E-state index in [0.29, 0.717) is 12.1 Å². The zero-order chi connectivity index (χ0) is 15.2. The second kappa shape index (κ2) is 7.47. The fraction of sp³-hybridized carbons (Fsp3) is 0.438. The summed E-state index contributed by atoms with van der Waals surface area (Å²) in [4.78, 5) is 23.0. The van der Waals surface area contributed by atoms with Gasteiger partial charge in [0, 0.05) is 29.9 Å². The van der Waals surface area contributed by atoms with Crippen LogP contribution in [0.15, 0.2) is 29.9 Å². The fourth-order valence-corrected chi connectivity index (χ4v) is 3.34. The Labute approximate surface area is 134 Å². The number of amides is 1. The minimum Gasteiger partial charge on any atom is -0.346 e. The largest absolute Gasteiger partial charge is 0.346 e.